The predicted octanol–water partition coefficient (Wildman–Crippen LogP) is -0.515. The lowest BCUT2D eigenvalue weighted by molar-refractivity contribution is -0.643. The SMILES string of the molecule is CC(CO)N1CC[n+]2c1c1ccccc1c1ccccc12.[Br-]. The molecule has 1 atom stereocenters. The molecule has 4 heteroatoms. The first-order valence-corrected chi connectivity index (χ1v) is 7.52. The van der Waals surface area contributed by atoms with E-state index in [2.05, 4.69) is 64.9 Å². The van der Waals surface area contributed by atoms with Gasteiger partial charge in [0.1, 0.15) is 24.6 Å². The molecule has 3 aromatic rings. The lowest BCUT2D eigenvalue weighted by Gasteiger charge is -2.18. The minimum atomic E-state index is 0. The van der Waals surface area contributed by atoms with E-state index in [1.54, 1.807) is 0 Å². The smallest absolute Gasteiger partial charge is 0.285 e. The lowest BCUT2D eigenvalue weighted by Crippen LogP contribution is -3.00. The summed E-state index contributed by atoms with van der Waals surface area (Å²) in [5.41, 5.74) is 1.28. The normalized spacial score (nSPS) is 14.9. The van der Waals surface area contributed by atoms with E-state index in [-0.39, 0.29) is 29.6 Å². The van der Waals surface area contributed by atoms with Crippen molar-refractivity contribution >= 4 is 27.5 Å². The third-order valence-electron chi connectivity index (χ3n) is 4.54. The van der Waals surface area contributed by atoms with Gasteiger partial charge in [-0.3, -0.25) is 4.90 Å². The maximum atomic E-state index is 9.56. The van der Waals surface area contributed by atoms with Crippen LogP contribution in [0.25, 0.3) is 21.7 Å². The molecule has 1 aromatic heterocycles. The van der Waals surface area contributed by atoms with Crippen molar-refractivity contribution in [3.63, 3.8) is 0 Å². The average Bonchev–Trinajstić information content (AvgIpc) is 3.00. The molecule has 1 N–H and O–H groups in total. The highest BCUT2D eigenvalue weighted by Gasteiger charge is 2.35. The second-order valence-corrected chi connectivity index (χ2v) is 5.76. The van der Waals surface area contributed by atoms with E-state index in [9.17, 15) is 5.11 Å². The zero-order chi connectivity index (χ0) is 14.4. The largest absolute Gasteiger partial charge is 1.00 e. The minimum Gasteiger partial charge on any atom is -1.00 e. The molecule has 0 bridgehead atoms. The Balaban J connectivity index is 0.00000144. The number of halogens is 1. The van der Waals surface area contributed by atoms with Gasteiger partial charge in [-0.2, -0.15) is 0 Å². The van der Waals surface area contributed by atoms with Crippen molar-refractivity contribution in [3.05, 3.63) is 48.5 Å². The maximum Gasteiger partial charge on any atom is 0.285 e. The molecule has 2 aromatic carbocycles. The van der Waals surface area contributed by atoms with Crippen molar-refractivity contribution in [2.24, 2.45) is 0 Å². The molecule has 0 aliphatic carbocycles. The Kier molecular flexibility index (Phi) is 4.06. The molecule has 3 nitrogen and oxygen atoms in total. The van der Waals surface area contributed by atoms with Crippen LogP contribution in [0.15, 0.2) is 48.5 Å². The number of nitrogens with zero attached hydrogens (tertiary/aromatic N) is 2. The monoisotopic (exact) mass is 358 g/mol. The summed E-state index contributed by atoms with van der Waals surface area (Å²) in [6.45, 7) is 4.20. The Morgan fingerprint density at radius 1 is 1.05 bits per heavy atom. The summed E-state index contributed by atoms with van der Waals surface area (Å²) < 4.78 is 2.39. The number of fused-ring (bicyclic) bond motifs is 6. The van der Waals surface area contributed by atoms with E-state index in [1.807, 2.05) is 0 Å². The molecule has 0 amide bonds. The van der Waals surface area contributed by atoms with E-state index in [0.29, 0.717) is 0 Å². The summed E-state index contributed by atoms with van der Waals surface area (Å²) in [6.07, 6.45) is 0. The Labute approximate surface area is 140 Å². The number of benzene rings is 2. The molecular formula is C18H19BrN2O. The molecule has 114 valence electrons. The Hall–Kier alpha value is -1.65. The van der Waals surface area contributed by atoms with Crippen molar-refractivity contribution in [2.75, 3.05) is 18.1 Å². The van der Waals surface area contributed by atoms with Gasteiger partial charge in [-0.25, -0.2) is 4.57 Å². The number of pyridine rings is 1. The highest BCUT2D eigenvalue weighted by Crippen LogP contribution is 2.32. The first-order valence-electron chi connectivity index (χ1n) is 7.52. The molecule has 0 radical (unpaired) electrons. The van der Waals surface area contributed by atoms with Crippen molar-refractivity contribution in [2.45, 2.75) is 19.5 Å². The van der Waals surface area contributed by atoms with Gasteiger partial charge < -0.3 is 22.1 Å². The fourth-order valence-electron chi connectivity index (χ4n) is 3.49. The number of aliphatic hydroxyl groups is 1. The Bertz CT molecular complexity index is 834. The van der Waals surface area contributed by atoms with Gasteiger partial charge >= 0.3 is 0 Å². The maximum absolute atomic E-state index is 9.56. The fraction of sp³-hybridized carbons (Fsp3) is 0.278. The van der Waals surface area contributed by atoms with Crippen molar-refractivity contribution in [1.82, 2.24) is 0 Å². The molecule has 2 heterocycles. The molecule has 22 heavy (non-hydrogen) atoms. The van der Waals surface area contributed by atoms with E-state index in [4.69, 9.17) is 0 Å². The fourth-order valence-corrected chi connectivity index (χ4v) is 3.49. The van der Waals surface area contributed by atoms with Gasteiger partial charge in [-0.1, -0.05) is 36.4 Å². The van der Waals surface area contributed by atoms with E-state index in [1.165, 1.54) is 27.5 Å². The molecular weight excluding hydrogens is 340 g/mol. The lowest BCUT2D eigenvalue weighted by atomic mass is 10.1. The number of hydrogen-bond acceptors (Lipinski definition) is 2. The second-order valence-electron chi connectivity index (χ2n) is 5.76. The summed E-state index contributed by atoms with van der Waals surface area (Å²) in [4.78, 5) is 2.33. The minimum absolute atomic E-state index is 0. The molecule has 0 fully saturated rings. The molecule has 1 unspecified atom stereocenters. The zero-order valence-electron chi connectivity index (χ0n) is 12.5. The number of anilines is 1. The molecule has 1 aliphatic rings. The van der Waals surface area contributed by atoms with Crippen LogP contribution in [0.5, 0.6) is 0 Å². The van der Waals surface area contributed by atoms with E-state index < -0.39 is 0 Å². The van der Waals surface area contributed by atoms with Crippen LogP contribution in [0.3, 0.4) is 0 Å². The van der Waals surface area contributed by atoms with Gasteiger partial charge in [-0.15, -0.1) is 0 Å². The third kappa shape index (κ3) is 2.09. The van der Waals surface area contributed by atoms with Crippen molar-refractivity contribution < 1.29 is 26.7 Å². The van der Waals surface area contributed by atoms with Gasteiger partial charge in [0.15, 0.2) is 0 Å². The highest BCUT2D eigenvalue weighted by atomic mass is 79.9. The van der Waals surface area contributed by atoms with Crippen LogP contribution < -0.4 is 26.4 Å². The van der Waals surface area contributed by atoms with Crippen LogP contribution >= 0.6 is 0 Å². The zero-order valence-corrected chi connectivity index (χ0v) is 14.1. The van der Waals surface area contributed by atoms with E-state index >= 15 is 0 Å². The van der Waals surface area contributed by atoms with Gasteiger partial charge in [0, 0.05) is 10.8 Å². The standard InChI is InChI=1S/C18H19N2O.BrH/c1-13(12-21)19-10-11-20-17-9-5-4-7-15(17)14-6-2-3-8-16(14)18(19)20;/h2-9,13,21H,10-12H2,1H3;1H/q+1;/p-1. The number of rotatable bonds is 2. The van der Waals surface area contributed by atoms with Crippen LogP contribution in [0.2, 0.25) is 0 Å². The Morgan fingerprint density at radius 2 is 1.68 bits per heavy atom. The van der Waals surface area contributed by atoms with Crippen LogP contribution in [0, 0.1) is 0 Å². The number of aromatic nitrogens is 1. The third-order valence-corrected chi connectivity index (χ3v) is 4.54. The number of hydrogen-bond donors (Lipinski definition) is 1. The number of aliphatic hydroxyl groups excluding tert-OH is 1. The van der Waals surface area contributed by atoms with Crippen LogP contribution in [-0.4, -0.2) is 24.3 Å². The van der Waals surface area contributed by atoms with E-state index in [0.717, 1.165) is 13.1 Å². The summed E-state index contributed by atoms with van der Waals surface area (Å²) in [6, 6.07) is 17.3. The highest BCUT2D eigenvalue weighted by molar-refractivity contribution is 6.08. The summed E-state index contributed by atoms with van der Waals surface area (Å²) in [5.74, 6) is 1.24. The predicted molar refractivity (Wildman–Crippen MR) is 85.5 cm³/mol. The summed E-state index contributed by atoms with van der Waals surface area (Å²) in [5, 5.41) is 13.4. The van der Waals surface area contributed by atoms with Gasteiger partial charge in [0.05, 0.1) is 12.0 Å². The molecule has 0 spiro atoms. The quantitative estimate of drug-likeness (QED) is 0.493. The molecule has 0 saturated carbocycles. The topological polar surface area (TPSA) is 27.3 Å². The Morgan fingerprint density at radius 3 is 2.41 bits per heavy atom. The number of para-hydroxylation sites is 1. The van der Waals surface area contributed by atoms with Gasteiger partial charge in [0.25, 0.3) is 5.82 Å². The first-order chi connectivity index (χ1) is 10.3. The van der Waals surface area contributed by atoms with Crippen LogP contribution in [-0.2, 0) is 6.54 Å². The summed E-state index contributed by atoms with van der Waals surface area (Å²) in [7, 11) is 0. The van der Waals surface area contributed by atoms with Crippen molar-refractivity contribution in [1.29, 1.82) is 0 Å². The summed E-state index contributed by atoms with van der Waals surface area (Å²) >= 11 is 0. The van der Waals surface area contributed by atoms with Crippen LogP contribution in [0.4, 0.5) is 5.82 Å². The van der Waals surface area contributed by atoms with Gasteiger partial charge in [0.2, 0.25) is 0 Å². The first kappa shape index (κ1) is 15.3. The van der Waals surface area contributed by atoms with Gasteiger partial charge in [-0.05, 0) is 19.1 Å². The molecule has 0 saturated heterocycles. The molecule has 4 rings (SSSR count). The molecule has 1 aliphatic heterocycles. The second kappa shape index (κ2) is 5.86. The van der Waals surface area contributed by atoms with Crippen molar-refractivity contribution in [3.8, 4) is 0 Å². The van der Waals surface area contributed by atoms with Crippen LogP contribution in [0.1, 0.15) is 6.92 Å². The average molecular weight is 359 g/mol.